The number of nitrogens with one attached hydrogen (secondary N) is 1. The zero-order valence-electron chi connectivity index (χ0n) is 11.0. The van der Waals surface area contributed by atoms with Crippen LogP contribution < -0.4 is 5.32 Å². The first-order valence-electron chi connectivity index (χ1n) is 6.79. The second kappa shape index (κ2) is 6.83. The van der Waals surface area contributed by atoms with Gasteiger partial charge in [0.25, 0.3) is 0 Å². The smallest absolute Gasteiger partial charge is 0.0791 e. The normalized spacial score (nSPS) is 19.9. The quantitative estimate of drug-likeness (QED) is 0.795. The molecular formula is C14H23N3O. The molecule has 2 N–H and O–H groups in total. The van der Waals surface area contributed by atoms with Gasteiger partial charge in [-0.3, -0.25) is 4.98 Å². The molecule has 4 heteroatoms. The summed E-state index contributed by atoms with van der Waals surface area (Å²) in [5.74, 6) is 0. The van der Waals surface area contributed by atoms with Gasteiger partial charge >= 0.3 is 0 Å². The molecule has 0 saturated carbocycles. The average molecular weight is 249 g/mol. The minimum absolute atomic E-state index is 0.229. The third-order valence-electron chi connectivity index (χ3n) is 3.51. The average Bonchev–Trinajstić information content (AvgIpc) is 2.90. The van der Waals surface area contributed by atoms with Crippen LogP contribution in [0.25, 0.3) is 0 Å². The van der Waals surface area contributed by atoms with Gasteiger partial charge in [0.1, 0.15) is 0 Å². The number of nitrogens with zero attached hydrogens (tertiary/aromatic N) is 2. The van der Waals surface area contributed by atoms with Gasteiger partial charge in [-0.1, -0.05) is 6.07 Å². The van der Waals surface area contributed by atoms with Crippen molar-refractivity contribution in [3.63, 3.8) is 0 Å². The molecule has 18 heavy (non-hydrogen) atoms. The van der Waals surface area contributed by atoms with Gasteiger partial charge in [-0.05, 0) is 44.5 Å². The van der Waals surface area contributed by atoms with Gasteiger partial charge in [-0.2, -0.15) is 0 Å². The highest BCUT2D eigenvalue weighted by molar-refractivity contribution is 5.12. The van der Waals surface area contributed by atoms with E-state index in [0.29, 0.717) is 6.54 Å². The second-order valence-corrected chi connectivity index (χ2v) is 5.08. The van der Waals surface area contributed by atoms with E-state index in [9.17, 15) is 5.11 Å². The van der Waals surface area contributed by atoms with Gasteiger partial charge in [0, 0.05) is 31.5 Å². The monoisotopic (exact) mass is 249 g/mol. The maximum atomic E-state index is 9.99. The summed E-state index contributed by atoms with van der Waals surface area (Å²) in [5.41, 5.74) is 1.16. The van der Waals surface area contributed by atoms with Crippen molar-refractivity contribution in [3.8, 4) is 0 Å². The van der Waals surface area contributed by atoms with Crippen LogP contribution in [0.4, 0.5) is 0 Å². The number of aliphatic hydroxyl groups excluding tert-OH is 1. The van der Waals surface area contributed by atoms with Crippen molar-refractivity contribution >= 4 is 0 Å². The number of aromatic nitrogens is 1. The number of aliphatic hydroxyl groups is 1. The third-order valence-corrected chi connectivity index (χ3v) is 3.51. The Balaban J connectivity index is 1.70. The van der Waals surface area contributed by atoms with E-state index >= 15 is 0 Å². The lowest BCUT2D eigenvalue weighted by Crippen LogP contribution is -2.37. The molecule has 0 radical (unpaired) electrons. The SMILES string of the molecule is CC(NCC(O)CN1CCCC1)c1cccnc1. The van der Waals surface area contributed by atoms with Crippen LogP contribution in [0.5, 0.6) is 0 Å². The highest BCUT2D eigenvalue weighted by Gasteiger charge is 2.16. The zero-order chi connectivity index (χ0) is 12.8. The van der Waals surface area contributed by atoms with E-state index < -0.39 is 0 Å². The molecule has 4 nitrogen and oxygen atoms in total. The second-order valence-electron chi connectivity index (χ2n) is 5.08. The summed E-state index contributed by atoms with van der Waals surface area (Å²) >= 11 is 0. The third kappa shape index (κ3) is 4.05. The van der Waals surface area contributed by atoms with Gasteiger partial charge in [-0.25, -0.2) is 0 Å². The maximum Gasteiger partial charge on any atom is 0.0791 e. The van der Waals surface area contributed by atoms with Gasteiger partial charge in [-0.15, -0.1) is 0 Å². The first-order chi connectivity index (χ1) is 8.75. The molecule has 1 aliphatic rings. The van der Waals surface area contributed by atoms with Crippen LogP contribution in [0.2, 0.25) is 0 Å². The molecule has 0 amide bonds. The van der Waals surface area contributed by atoms with Gasteiger partial charge < -0.3 is 15.3 Å². The molecule has 0 aliphatic carbocycles. The molecular weight excluding hydrogens is 226 g/mol. The van der Waals surface area contributed by atoms with Gasteiger partial charge in [0.2, 0.25) is 0 Å². The largest absolute Gasteiger partial charge is 0.390 e. The fraction of sp³-hybridized carbons (Fsp3) is 0.643. The lowest BCUT2D eigenvalue weighted by Gasteiger charge is -2.21. The fourth-order valence-electron chi connectivity index (χ4n) is 2.39. The minimum Gasteiger partial charge on any atom is -0.390 e. The van der Waals surface area contributed by atoms with Crippen molar-refractivity contribution in [2.24, 2.45) is 0 Å². The number of rotatable bonds is 6. The number of β-amino-alcohol motifs (C(OH)–C–C–N with tert-alkyl or cyclic N) is 1. The lowest BCUT2D eigenvalue weighted by atomic mass is 10.1. The Hall–Kier alpha value is -0.970. The molecule has 1 aromatic heterocycles. The lowest BCUT2D eigenvalue weighted by molar-refractivity contribution is 0.121. The van der Waals surface area contributed by atoms with Gasteiger partial charge in [0.05, 0.1) is 6.10 Å². The van der Waals surface area contributed by atoms with E-state index in [0.717, 1.165) is 25.2 Å². The highest BCUT2D eigenvalue weighted by Crippen LogP contribution is 2.10. The molecule has 2 heterocycles. The van der Waals surface area contributed by atoms with Crippen molar-refractivity contribution < 1.29 is 5.11 Å². The predicted octanol–water partition coefficient (Wildman–Crippen LogP) is 1.19. The summed E-state index contributed by atoms with van der Waals surface area (Å²) in [7, 11) is 0. The molecule has 2 atom stereocenters. The minimum atomic E-state index is -0.290. The Kier molecular flexibility index (Phi) is 5.11. The Labute approximate surface area is 109 Å². The van der Waals surface area contributed by atoms with E-state index in [1.165, 1.54) is 12.8 Å². The molecule has 0 spiro atoms. The molecule has 0 bridgehead atoms. The van der Waals surface area contributed by atoms with Crippen LogP contribution in [-0.2, 0) is 0 Å². The molecule has 2 rings (SSSR count). The van der Waals surface area contributed by atoms with Gasteiger partial charge in [0.15, 0.2) is 0 Å². The van der Waals surface area contributed by atoms with Crippen molar-refractivity contribution in [2.75, 3.05) is 26.2 Å². The number of likely N-dealkylation sites (tertiary alicyclic amines) is 1. The summed E-state index contributed by atoms with van der Waals surface area (Å²) < 4.78 is 0. The molecule has 1 aliphatic heterocycles. The van der Waals surface area contributed by atoms with E-state index in [1.54, 1.807) is 6.20 Å². The van der Waals surface area contributed by atoms with E-state index in [2.05, 4.69) is 28.2 Å². The van der Waals surface area contributed by atoms with Crippen LogP contribution >= 0.6 is 0 Å². The summed E-state index contributed by atoms with van der Waals surface area (Å²) in [6.45, 7) is 5.78. The molecule has 1 aromatic rings. The number of pyridine rings is 1. The number of hydrogen-bond acceptors (Lipinski definition) is 4. The highest BCUT2D eigenvalue weighted by atomic mass is 16.3. The van der Waals surface area contributed by atoms with Crippen LogP contribution in [-0.4, -0.2) is 47.3 Å². The van der Waals surface area contributed by atoms with Crippen molar-refractivity contribution in [3.05, 3.63) is 30.1 Å². The van der Waals surface area contributed by atoms with Crippen LogP contribution in [0.3, 0.4) is 0 Å². The van der Waals surface area contributed by atoms with Crippen LogP contribution in [0.15, 0.2) is 24.5 Å². The van der Waals surface area contributed by atoms with Crippen molar-refractivity contribution in [2.45, 2.75) is 31.9 Å². The topological polar surface area (TPSA) is 48.4 Å². The Bertz CT molecular complexity index is 338. The Morgan fingerprint density at radius 1 is 1.44 bits per heavy atom. The molecule has 2 unspecified atom stereocenters. The first-order valence-corrected chi connectivity index (χ1v) is 6.79. The van der Waals surface area contributed by atoms with Crippen LogP contribution in [0, 0.1) is 0 Å². The summed E-state index contributed by atoms with van der Waals surface area (Å²) in [6.07, 6.45) is 5.89. The van der Waals surface area contributed by atoms with Crippen LogP contribution in [0.1, 0.15) is 31.4 Å². The molecule has 0 aromatic carbocycles. The summed E-state index contributed by atoms with van der Waals surface area (Å²) in [5, 5.41) is 13.3. The molecule has 1 saturated heterocycles. The van der Waals surface area contributed by atoms with E-state index in [-0.39, 0.29) is 12.1 Å². The van der Waals surface area contributed by atoms with Crippen molar-refractivity contribution in [1.29, 1.82) is 0 Å². The molecule has 100 valence electrons. The first kappa shape index (κ1) is 13.5. The zero-order valence-corrected chi connectivity index (χ0v) is 11.0. The summed E-state index contributed by atoms with van der Waals surface area (Å²) in [4.78, 5) is 6.44. The Morgan fingerprint density at radius 2 is 2.22 bits per heavy atom. The van der Waals surface area contributed by atoms with E-state index in [1.807, 2.05) is 12.3 Å². The maximum absolute atomic E-state index is 9.99. The summed E-state index contributed by atoms with van der Waals surface area (Å²) in [6, 6.07) is 4.22. The molecule has 1 fully saturated rings. The predicted molar refractivity (Wildman–Crippen MR) is 72.3 cm³/mol. The standard InChI is InChI=1S/C14H23N3O/c1-12(13-5-4-6-15-9-13)16-10-14(18)11-17-7-2-3-8-17/h4-6,9,12,14,16,18H,2-3,7-8,10-11H2,1H3. The Morgan fingerprint density at radius 3 is 2.89 bits per heavy atom. The fourth-order valence-corrected chi connectivity index (χ4v) is 2.39. The van der Waals surface area contributed by atoms with E-state index in [4.69, 9.17) is 0 Å². The number of hydrogen-bond donors (Lipinski definition) is 2. The van der Waals surface area contributed by atoms with Crippen molar-refractivity contribution in [1.82, 2.24) is 15.2 Å².